The highest BCUT2D eigenvalue weighted by molar-refractivity contribution is 5.80. The first-order valence-electron chi connectivity index (χ1n) is 4.57. The van der Waals surface area contributed by atoms with E-state index in [9.17, 15) is 9.90 Å². The molecule has 1 aliphatic carbocycles. The molecule has 70 valence electrons. The average Bonchev–Trinajstić information content (AvgIpc) is 2.04. The van der Waals surface area contributed by atoms with Gasteiger partial charge >= 0.3 is 0 Å². The lowest BCUT2D eigenvalue weighted by molar-refractivity contribution is -0.128. The predicted molar refractivity (Wildman–Crippen MR) is 46.6 cm³/mol. The minimum absolute atomic E-state index is 0.00347. The highest BCUT2D eigenvalue weighted by Gasteiger charge is 2.30. The summed E-state index contributed by atoms with van der Waals surface area (Å²) in [5.74, 6) is -0.159. The topological polar surface area (TPSA) is 63.3 Å². The highest BCUT2D eigenvalue weighted by atomic mass is 16.3. The average molecular weight is 171 g/mol. The fourth-order valence-corrected chi connectivity index (χ4v) is 1.88. The molecule has 0 aliphatic heterocycles. The zero-order valence-electron chi connectivity index (χ0n) is 7.49. The summed E-state index contributed by atoms with van der Waals surface area (Å²) in [6.45, 7) is 1.42. The van der Waals surface area contributed by atoms with Crippen molar-refractivity contribution in [3.05, 3.63) is 0 Å². The SMILES string of the molecule is CC(=O)C(O)C1CCCCC1N. The molecule has 3 heteroatoms. The van der Waals surface area contributed by atoms with E-state index in [1.165, 1.54) is 6.92 Å². The highest BCUT2D eigenvalue weighted by Crippen LogP contribution is 2.25. The normalized spacial score (nSPS) is 32.9. The minimum atomic E-state index is -0.833. The Labute approximate surface area is 72.9 Å². The number of hydrogen-bond acceptors (Lipinski definition) is 3. The van der Waals surface area contributed by atoms with Crippen LogP contribution in [-0.2, 0) is 4.79 Å². The Morgan fingerprint density at radius 3 is 2.58 bits per heavy atom. The summed E-state index contributed by atoms with van der Waals surface area (Å²) >= 11 is 0. The standard InChI is InChI=1S/C9H17NO2/c1-6(11)9(12)7-4-2-3-5-8(7)10/h7-9,12H,2-5,10H2,1H3. The molecule has 0 heterocycles. The van der Waals surface area contributed by atoms with Crippen LogP contribution in [0.25, 0.3) is 0 Å². The van der Waals surface area contributed by atoms with Gasteiger partial charge in [0.15, 0.2) is 5.78 Å². The summed E-state index contributed by atoms with van der Waals surface area (Å²) in [4.78, 5) is 10.9. The molecule has 3 nitrogen and oxygen atoms in total. The van der Waals surface area contributed by atoms with E-state index in [0.717, 1.165) is 25.7 Å². The molecule has 0 spiro atoms. The summed E-state index contributed by atoms with van der Waals surface area (Å²) in [7, 11) is 0. The van der Waals surface area contributed by atoms with Crippen molar-refractivity contribution in [2.24, 2.45) is 11.7 Å². The number of carbonyl (C=O) groups excluding carboxylic acids is 1. The van der Waals surface area contributed by atoms with Gasteiger partial charge in [0.05, 0.1) is 0 Å². The Hall–Kier alpha value is -0.410. The van der Waals surface area contributed by atoms with Crippen LogP contribution in [0.4, 0.5) is 0 Å². The van der Waals surface area contributed by atoms with Crippen LogP contribution >= 0.6 is 0 Å². The van der Waals surface area contributed by atoms with Crippen molar-refractivity contribution in [2.75, 3.05) is 0 Å². The number of ketones is 1. The van der Waals surface area contributed by atoms with E-state index in [4.69, 9.17) is 5.73 Å². The lowest BCUT2D eigenvalue weighted by Crippen LogP contribution is -2.43. The van der Waals surface area contributed by atoms with Gasteiger partial charge in [0, 0.05) is 12.0 Å². The Balaban J connectivity index is 2.53. The first-order chi connectivity index (χ1) is 5.63. The molecule has 0 bridgehead atoms. The smallest absolute Gasteiger partial charge is 0.158 e. The van der Waals surface area contributed by atoms with Gasteiger partial charge in [-0.15, -0.1) is 0 Å². The molecule has 0 aromatic carbocycles. The molecular weight excluding hydrogens is 154 g/mol. The third-order valence-corrected chi connectivity index (χ3v) is 2.70. The van der Waals surface area contributed by atoms with Gasteiger partial charge in [-0.3, -0.25) is 4.79 Å². The predicted octanol–water partition coefficient (Wildman–Crippen LogP) is 0.454. The van der Waals surface area contributed by atoms with E-state index < -0.39 is 6.10 Å². The molecule has 1 rings (SSSR count). The lowest BCUT2D eigenvalue weighted by atomic mass is 9.80. The second-order valence-electron chi connectivity index (χ2n) is 3.67. The van der Waals surface area contributed by atoms with Crippen molar-refractivity contribution in [2.45, 2.75) is 44.8 Å². The third kappa shape index (κ3) is 2.05. The van der Waals surface area contributed by atoms with Crippen molar-refractivity contribution in [1.29, 1.82) is 0 Å². The Morgan fingerprint density at radius 1 is 1.50 bits per heavy atom. The van der Waals surface area contributed by atoms with Crippen LogP contribution in [0.3, 0.4) is 0 Å². The van der Waals surface area contributed by atoms with Gasteiger partial charge in [-0.2, -0.15) is 0 Å². The number of nitrogens with two attached hydrogens (primary N) is 1. The molecule has 0 amide bonds. The molecular formula is C9H17NO2. The van der Waals surface area contributed by atoms with Crippen molar-refractivity contribution in [3.63, 3.8) is 0 Å². The fourth-order valence-electron chi connectivity index (χ4n) is 1.88. The molecule has 12 heavy (non-hydrogen) atoms. The van der Waals surface area contributed by atoms with Crippen molar-refractivity contribution in [1.82, 2.24) is 0 Å². The summed E-state index contributed by atoms with van der Waals surface area (Å²) in [6, 6.07) is 0.0117. The monoisotopic (exact) mass is 171 g/mol. The van der Waals surface area contributed by atoms with Gasteiger partial charge in [-0.05, 0) is 19.8 Å². The van der Waals surface area contributed by atoms with Crippen molar-refractivity contribution >= 4 is 5.78 Å². The molecule has 1 saturated carbocycles. The number of Topliss-reactive ketones (excluding diaryl/α,β-unsaturated/α-hetero) is 1. The molecule has 1 aliphatic rings. The summed E-state index contributed by atoms with van der Waals surface area (Å²) < 4.78 is 0. The Kier molecular flexibility index (Phi) is 3.23. The quantitative estimate of drug-likeness (QED) is 0.634. The largest absolute Gasteiger partial charge is 0.385 e. The maximum atomic E-state index is 10.9. The molecule has 0 radical (unpaired) electrons. The second-order valence-corrected chi connectivity index (χ2v) is 3.67. The van der Waals surface area contributed by atoms with E-state index >= 15 is 0 Å². The maximum Gasteiger partial charge on any atom is 0.158 e. The Bertz CT molecular complexity index is 170. The maximum absolute atomic E-state index is 10.9. The van der Waals surface area contributed by atoms with E-state index in [0.29, 0.717) is 0 Å². The number of hydrogen-bond donors (Lipinski definition) is 2. The van der Waals surface area contributed by atoms with Crippen LogP contribution in [0.15, 0.2) is 0 Å². The molecule has 3 unspecified atom stereocenters. The van der Waals surface area contributed by atoms with Crippen LogP contribution in [0.1, 0.15) is 32.6 Å². The first kappa shape index (κ1) is 9.68. The molecule has 0 aromatic heterocycles. The first-order valence-corrected chi connectivity index (χ1v) is 4.57. The van der Waals surface area contributed by atoms with E-state index in [2.05, 4.69) is 0 Å². The summed E-state index contributed by atoms with van der Waals surface area (Å²) in [5.41, 5.74) is 5.81. The number of aliphatic hydroxyl groups is 1. The van der Waals surface area contributed by atoms with Gasteiger partial charge in [0.2, 0.25) is 0 Å². The molecule has 0 saturated heterocycles. The lowest BCUT2D eigenvalue weighted by Gasteiger charge is -2.30. The van der Waals surface area contributed by atoms with Crippen LogP contribution in [0, 0.1) is 5.92 Å². The van der Waals surface area contributed by atoms with Crippen LogP contribution < -0.4 is 5.73 Å². The van der Waals surface area contributed by atoms with E-state index in [-0.39, 0.29) is 17.7 Å². The van der Waals surface area contributed by atoms with Gasteiger partial charge in [-0.1, -0.05) is 12.8 Å². The summed E-state index contributed by atoms with van der Waals surface area (Å²) in [6.07, 6.45) is 3.21. The van der Waals surface area contributed by atoms with E-state index in [1.807, 2.05) is 0 Å². The molecule has 3 atom stereocenters. The molecule has 0 aromatic rings. The minimum Gasteiger partial charge on any atom is -0.385 e. The third-order valence-electron chi connectivity index (χ3n) is 2.70. The van der Waals surface area contributed by atoms with Crippen molar-refractivity contribution < 1.29 is 9.90 Å². The fraction of sp³-hybridized carbons (Fsp3) is 0.889. The number of aliphatic hydroxyl groups excluding tert-OH is 1. The number of rotatable bonds is 2. The van der Waals surface area contributed by atoms with Gasteiger partial charge < -0.3 is 10.8 Å². The van der Waals surface area contributed by atoms with Crippen LogP contribution in [0.2, 0.25) is 0 Å². The summed E-state index contributed by atoms with van der Waals surface area (Å²) in [5, 5.41) is 9.49. The number of carbonyl (C=O) groups is 1. The zero-order valence-corrected chi connectivity index (χ0v) is 7.49. The second kappa shape index (κ2) is 4.01. The van der Waals surface area contributed by atoms with Gasteiger partial charge in [0.1, 0.15) is 6.10 Å². The van der Waals surface area contributed by atoms with Crippen LogP contribution in [-0.4, -0.2) is 23.0 Å². The van der Waals surface area contributed by atoms with E-state index in [1.54, 1.807) is 0 Å². The van der Waals surface area contributed by atoms with Crippen LogP contribution in [0.5, 0.6) is 0 Å². The van der Waals surface area contributed by atoms with Crippen molar-refractivity contribution in [3.8, 4) is 0 Å². The van der Waals surface area contributed by atoms with Gasteiger partial charge in [-0.25, -0.2) is 0 Å². The molecule has 3 N–H and O–H groups in total. The molecule has 1 fully saturated rings. The van der Waals surface area contributed by atoms with Gasteiger partial charge in [0.25, 0.3) is 0 Å². The Morgan fingerprint density at radius 2 is 2.08 bits per heavy atom. The zero-order chi connectivity index (χ0) is 9.14.